The van der Waals surface area contributed by atoms with Crippen molar-refractivity contribution in [3.8, 4) is 22.5 Å². The van der Waals surface area contributed by atoms with E-state index in [0.29, 0.717) is 11.3 Å². The highest BCUT2D eigenvalue weighted by Crippen LogP contribution is 2.38. The number of aryl methyl sites for hydroxylation is 1. The molecule has 0 radical (unpaired) electrons. The number of nitrogens with zero attached hydrogens (tertiary/aromatic N) is 3. The van der Waals surface area contributed by atoms with Crippen molar-refractivity contribution < 1.29 is 4.39 Å². The quantitative estimate of drug-likeness (QED) is 0.561. The summed E-state index contributed by atoms with van der Waals surface area (Å²) in [4.78, 5) is 8.88. The molecule has 0 fully saturated rings. The molecule has 2 aromatic carbocycles. The normalized spacial score (nSPS) is 13.3. The van der Waals surface area contributed by atoms with E-state index >= 15 is 0 Å². The summed E-state index contributed by atoms with van der Waals surface area (Å²) in [5.41, 5.74) is 5.08. The molecule has 0 aliphatic carbocycles. The van der Waals surface area contributed by atoms with Crippen molar-refractivity contribution >= 4 is 18.5 Å². The number of aromatic nitrogens is 2. The molecule has 3 aromatic rings. The highest BCUT2D eigenvalue weighted by Gasteiger charge is 2.24. The predicted octanol–water partition coefficient (Wildman–Crippen LogP) is 5.67. The molecule has 1 aromatic heterocycles. The second kappa shape index (κ2) is 6.71. The van der Waals surface area contributed by atoms with Gasteiger partial charge in [0, 0.05) is 29.7 Å². The summed E-state index contributed by atoms with van der Waals surface area (Å²) in [6.45, 7) is 6.53. The fourth-order valence-corrected chi connectivity index (χ4v) is 3.62. The van der Waals surface area contributed by atoms with Crippen molar-refractivity contribution in [1.29, 1.82) is 0 Å². The minimum absolute atomic E-state index is 0.247. The Hall–Kier alpha value is -3.01. The molecule has 0 atom stereocenters. The lowest BCUT2D eigenvalue weighted by Crippen LogP contribution is -1.97. The molecule has 0 saturated carbocycles. The molecule has 1 aliphatic heterocycles. The summed E-state index contributed by atoms with van der Waals surface area (Å²) in [5.74, 6) is 0.778. The smallest absolute Gasteiger partial charge is 0.132 e. The second-order valence-electron chi connectivity index (χ2n) is 6.39. The van der Waals surface area contributed by atoms with Gasteiger partial charge in [-0.25, -0.2) is 9.37 Å². The monoisotopic (exact) mass is 345 g/mol. The standard InChI is InChI=1S/C22H20FN3/c1-3-7-15-14-16(11-12-19(15)24-2)22-21(17-8-4-5-9-18(17)23)25-20-10-6-13-26(20)22/h3-5,7-9,11-12,14H,2,6,10,13H2,1H3/b7-3-. The average molecular weight is 345 g/mol. The van der Waals surface area contributed by atoms with Gasteiger partial charge in [-0.15, -0.1) is 0 Å². The van der Waals surface area contributed by atoms with Gasteiger partial charge in [-0.05, 0) is 44.3 Å². The van der Waals surface area contributed by atoms with E-state index in [-0.39, 0.29) is 5.82 Å². The molecule has 0 amide bonds. The zero-order valence-corrected chi connectivity index (χ0v) is 14.7. The maximum Gasteiger partial charge on any atom is 0.132 e. The van der Waals surface area contributed by atoms with Crippen LogP contribution in [0.25, 0.3) is 28.6 Å². The Morgan fingerprint density at radius 3 is 2.85 bits per heavy atom. The van der Waals surface area contributed by atoms with Crippen molar-refractivity contribution in [2.24, 2.45) is 4.99 Å². The Labute approximate surface area is 152 Å². The van der Waals surface area contributed by atoms with Crippen LogP contribution in [0.2, 0.25) is 0 Å². The largest absolute Gasteiger partial charge is 0.327 e. The van der Waals surface area contributed by atoms with E-state index < -0.39 is 0 Å². The fraction of sp³-hybridized carbons (Fsp3) is 0.182. The number of rotatable bonds is 4. The Bertz CT molecular complexity index is 1010. The summed E-state index contributed by atoms with van der Waals surface area (Å²) in [7, 11) is 0. The van der Waals surface area contributed by atoms with Crippen molar-refractivity contribution in [3.05, 3.63) is 65.7 Å². The zero-order valence-electron chi connectivity index (χ0n) is 14.7. The number of halogens is 1. The lowest BCUT2D eigenvalue weighted by Gasteiger charge is -2.11. The number of imidazole rings is 1. The van der Waals surface area contributed by atoms with Crippen LogP contribution in [-0.4, -0.2) is 16.3 Å². The lowest BCUT2D eigenvalue weighted by molar-refractivity contribution is 0.630. The van der Waals surface area contributed by atoms with E-state index in [0.717, 1.165) is 47.7 Å². The predicted molar refractivity (Wildman–Crippen MR) is 105 cm³/mol. The number of hydrogen-bond acceptors (Lipinski definition) is 2. The maximum atomic E-state index is 14.5. The topological polar surface area (TPSA) is 30.2 Å². The Kier molecular flexibility index (Phi) is 4.25. The van der Waals surface area contributed by atoms with Crippen molar-refractivity contribution in [3.63, 3.8) is 0 Å². The van der Waals surface area contributed by atoms with Crippen LogP contribution in [-0.2, 0) is 13.0 Å². The molecule has 26 heavy (non-hydrogen) atoms. The molecule has 4 rings (SSSR count). The van der Waals surface area contributed by atoms with E-state index in [4.69, 9.17) is 4.98 Å². The van der Waals surface area contributed by atoms with Gasteiger partial charge in [-0.2, -0.15) is 0 Å². The third-order valence-corrected chi connectivity index (χ3v) is 4.78. The van der Waals surface area contributed by atoms with Crippen LogP contribution in [0.5, 0.6) is 0 Å². The second-order valence-corrected chi connectivity index (χ2v) is 6.39. The number of fused-ring (bicyclic) bond motifs is 1. The first-order valence-electron chi connectivity index (χ1n) is 8.81. The van der Waals surface area contributed by atoms with Gasteiger partial charge in [0.25, 0.3) is 0 Å². The van der Waals surface area contributed by atoms with Crippen LogP contribution in [0, 0.1) is 5.82 Å². The molecular formula is C22H20FN3. The van der Waals surface area contributed by atoms with Gasteiger partial charge in [-0.3, -0.25) is 4.99 Å². The molecule has 0 N–H and O–H groups in total. The average Bonchev–Trinajstić information content (AvgIpc) is 3.23. The van der Waals surface area contributed by atoms with Crippen LogP contribution in [0.15, 0.2) is 53.5 Å². The molecule has 3 nitrogen and oxygen atoms in total. The van der Waals surface area contributed by atoms with Gasteiger partial charge in [0.15, 0.2) is 0 Å². The first-order valence-corrected chi connectivity index (χ1v) is 8.81. The molecule has 2 heterocycles. The molecule has 0 bridgehead atoms. The molecule has 1 aliphatic rings. The lowest BCUT2D eigenvalue weighted by atomic mass is 10.0. The molecule has 4 heteroatoms. The van der Waals surface area contributed by atoms with Gasteiger partial charge in [0.05, 0.1) is 17.1 Å². The number of allylic oxidation sites excluding steroid dienone is 1. The van der Waals surface area contributed by atoms with Crippen LogP contribution < -0.4 is 0 Å². The minimum Gasteiger partial charge on any atom is -0.327 e. The minimum atomic E-state index is -0.247. The van der Waals surface area contributed by atoms with Crippen LogP contribution >= 0.6 is 0 Å². The van der Waals surface area contributed by atoms with Crippen molar-refractivity contribution in [1.82, 2.24) is 9.55 Å². The summed E-state index contributed by atoms with van der Waals surface area (Å²) in [5, 5.41) is 0. The summed E-state index contributed by atoms with van der Waals surface area (Å²) < 4.78 is 16.7. The van der Waals surface area contributed by atoms with Crippen molar-refractivity contribution in [2.45, 2.75) is 26.3 Å². The number of hydrogen-bond donors (Lipinski definition) is 0. The van der Waals surface area contributed by atoms with Gasteiger partial charge in [0.2, 0.25) is 0 Å². The van der Waals surface area contributed by atoms with Gasteiger partial charge < -0.3 is 4.57 Å². The molecule has 130 valence electrons. The summed E-state index contributed by atoms with van der Waals surface area (Å²) in [6, 6.07) is 12.9. The van der Waals surface area contributed by atoms with Crippen LogP contribution in [0.4, 0.5) is 10.1 Å². The molecule has 0 spiro atoms. The van der Waals surface area contributed by atoms with Gasteiger partial charge >= 0.3 is 0 Å². The number of benzene rings is 2. The first-order chi connectivity index (χ1) is 12.7. The third kappa shape index (κ3) is 2.68. The highest BCUT2D eigenvalue weighted by atomic mass is 19.1. The number of aliphatic imine (C=N–C) groups is 1. The SMILES string of the molecule is C=Nc1ccc(-c2c(-c3ccccc3F)nc3n2CCC3)cc1/C=C\C. The van der Waals surface area contributed by atoms with Crippen LogP contribution in [0.1, 0.15) is 24.7 Å². The van der Waals surface area contributed by atoms with Gasteiger partial charge in [0.1, 0.15) is 11.6 Å². The Morgan fingerprint density at radius 2 is 2.08 bits per heavy atom. The Morgan fingerprint density at radius 1 is 1.23 bits per heavy atom. The maximum absolute atomic E-state index is 14.5. The first kappa shape index (κ1) is 16.5. The summed E-state index contributed by atoms with van der Waals surface area (Å²) in [6.07, 6.45) is 5.99. The van der Waals surface area contributed by atoms with E-state index in [1.54, 1.807) is 12.1 Å². The van der Waals surface area contributed by atoms with Crippen molar-refractivity contribution in [2.75, 3.05) is 0 Å². The van der Waals surface area contributed by atoms with E-state index in [2.05, 4.69) is 22.3 Å². The van der Waals surface area contributed by atoms with E-state index in [1.807, 2.05) is 37.3 Å². The van der Waals surface area contributed by atoms with Gasteiger partial charge in [-0.1, -0.05) is 30.4 Å². The van der Waals surface area contributed by atoms with E-state index in [1.165, 1.54) is 6.07 Å². The third-order valence-electron chi connectivity index (χ3n) is 4.78. The van der Waals surface area contributed by atoms with E-state index in [9.17, 15) is 4.39 Å². The Balaban J connectivity index is 1.96. The van der Waals surface area contributed by atoms with Crippen LogP contribution in [0.3, 0.4) is 0 Å². The molecule has 0 saturated heterocycles. The molecular weight excluding hydrogens is 325 g/mol. The highest BCUT2D eigenvalue weighted by molar-refractivity contribution is 5.82. The summed E-state index contributed by atoms with van der Waals surface area (Å²) >= 11 is 0. The fourth-order valence-electron chi connectivity index (χ4n) is 3.62. The molecule has 0 unspecified atom stereocenters. The zero-order chi connectivity index (χ0) is 18.1.